The van der Waals surface area contributed by atoms with Crippen LogP contribution in [-0.2, 0) is 0 Å². The Morgan fingerprint density at radius 3 is 2.78 bits per heavy atom. The van der Waals surface area contributed by atoms with Gasteiger partial charge in [0.1, 0.15) is 5.75 Å². The molecule has 100 valence electrons. The summed E-state index contributed by atoms with van der Waals surface area (Å²) in [7, 11) is 1.79. The minimum atomic E-state index is -0.00217. The third kappa shape index (κ3) is 4.37. The summed E-state index contributed by atoms with van der Waals surface area (Å²) in [6, 6.07) is 7.27. The van der Waals surface area contributed by atoms with Crippen molar-refractivity contribution in [2.45, 2.75) is 26.4 Å². The minimum Gasteiger partial charge on any atom is -0.491 e. The van der Waals surface area contributed by atoms with Gasteiger partial charge in [-0.1, -0.05) is 6.07 Å². The fourth-order valence-corrected chi connectivity index (χ4v) is 1.62. The average molecular weight is 250 g/mol. The van der Waals surface area contributed by atoms with Gasteiger partial charge in [0.15, 0.2) is 0 Å². The van der Waals surface area contributed by atoms with Gasteiger partial charge in [-0.15, -0.1) is 0 Å². The first kappa shape index (κ1) is 14.5. The second-order valence-corrected chi connectivity index (χ2v) is 4.56. The van der Waals surface area contributed by atoms with E-state index in [0.29, 0.717) is 18.7 Å². The van der Waals surface area contributed by atoms with E-state index >= 15 is 0 Å². The van der Waals surface area contributed by atoms with Crippen molar-refractivity contribution in [1.29, 1.82) is 0 Å². The van der Waals surface area contributed by atoms with Crippen LogP contribution in [0.15, 0.2) is 24.3 Å². The second-order valence-electron chi connectivity index (χ2n) is 4.56. The van der Waals surface area contributed by atoms with Crippen molar-refractivity contribution in [3.8, 4) is 5.75 Å². The van der Waals surface area contributed by atoms with Crippen molar-refractivity contribution in [3.05, 3.63) is 29.8 Å². The molecule has 4 nitrogen and oxygen atoms in total. The third-order valence-corrected chi connectivity index (χ3v) is 2.50. The molecular weight excluding hydrogens is 228 g/mol. The number of carbonyl (C=O) groups excluding carboxylic acids is 1. The molecule has 0 spiro atoms. The molecule has 1 aromatic carbocycles. The van der Waals surface area contributed by atoms with E-state index in [1.54, 1.807) is 24.1 Å². The Morgan fingerprint density at radius 2 is 2.17 bits per heavy atom. The summed E-state index contributed by atoms with van der Waals surface area (Å²) in [4.78, 5) is 13.8. The van der Waals surface area contributed by atoms with Crippen LogP contribution in [0.2, 0.25) is 0 Å². The van der Waals surface area contributed by atoms with Gasteiger partial charge in [0.2, 0.25) is 0 Å². The topological polar surface area (TPSA) is 55.6 Å². The van der Waals surface area contributed by atoms with Crippen molar-refractivity contribution < 1.29 is 9.53 Å². The molecule has 0 aliphatic rings. The molecule has 0 fully saturated rings. The van der Waals surface area contributed by atoms with Crippen LogP contribution in [0.5, 0.6) is 5.75 Å². The van der Waals surface area contributed by atoms with Crippen molar-refractivity contribution in [2.75, 3.05) is 20.1 Å². The van der Waals surface area contributed by atoms with Crippen LogP contribution in [0.4, 0.5) is 0 Å². The Hall–Kier alpha value is -1.55. The molecular formula is C14H22N2O2. The largest absolute Gasteiger partial charge is 0.491 e. The molecule has 2 N–H and O–H groups in total. The SMILES string of the molecule is CC(C)Oc1cccc(C(=O)N(C)CCCN)c1. The molecule has 0 aliphatic carbocycles. The monoisotopic (exact) mass is 250 g/mol. The van der Waals surface area contributed by atoms with Crippen LogP contribution < -0.4 is 10.5 Å². The second kappa shape index (κ2) is 7.01. The van der Waals surface area contributed by atoms with E-state index < -0.39 is 0 Å². The first-order valence-corrected chi connectivity index (χ1v) is 6.27. The molecule has 0 radical (unpaired) electrons. The van der Waals surface area contributed by atoms with Gasteiger partial charge in [-0.25, -0.2) is 0 Å². The molecule has 0 unspecified atom stereocenters. The van der Waals surface area contributed by atoms with E-state index in [0.717, 1.165) is 12.2 Å². The average Bonchev–Trinajstić information content (AvgIpc) is 2.34. The standard InChI is InChI=1S/C14H22N2O2/c1-11(2)18-13-7-4-6-12(10-13)14(17)16(3)9-5-8-15/h4,6-7,10-11H,5,8-9,15H2,1-3H3. The maximum Gasteiger partial charge on any atom is 0.253 e. The Kier molecular flexibility index (Phi) is 5.65. The Balaban J connectivity index is 2.73. The number of hydrogen-bond donors (Lipinski definition) is 1. The fraction of sp³-hybridized carbons (Fsp3) is 0.500. The van der Waals surface area contributed by atoms with Crippen molar-refractivity contribution in [2.24, 2.45) is 5.73 Å². The number of amides is 1. The van der Waals surface area contributed by atoms with Gasteiger partial charge in [0.25, 0.3) is 5.91 Å². The number of nitrogens with zero attached hydrogens (tertiary/aromatic N) is 1. The Labute approximate surface area is 109 Å². The van der Waals surface area contributed by atoms with Gasteiger partial charge in [0, 0.05) is 19.2 Å². The van der Waals surface area contributed by atoms with Gasteiger partial charge in [0.05, 0.1) is 6.10 Å². The summed E-state index contributed by atoms with van der Waals surface area (Å²) in [6.07, 6.45) is 0.912. The summed E-state index contributed by atoms with van der Waals surface area (Å²) in [5.41, 5.74) is 6.08. The van der Waals surface area contributed by atoms with Gasteiger partial charge >= 0.3 is 0 Å². The van der Waals surface area contributed by atoms with Crippen LogP contribution in [0, 0.1) is 0 Å². The normalized spacial score (nSPS) is 10.5. The zero-order valence-electron chi connectivity index (χ0n) is 11.3. The minimum absolute atomic E-state index is 0.00217. The van der Waals surface area contributed by atoms with Gasteiger partial charge in [-0.2, -0.15) is 0 Å². The first-order valence-electron chi connectivity index (χ1n) is 6.27. The lowest BCUT2D eigenvalue weighted by atomic mass is 10.2. The summed E-state index contributed by atoms with van der Waals surface area (Å²) < 4.78 is 5.58. The summed E-state index contributed by atoms with van der Waals surface area (Å²) in [5.74, 6) is 0.723. The zero-order valence-corrected chi connectivity index (χ0v) is 11.3. The molecule has 18 heavy (non-hydrogen) atoms. The maximum absolute atomic E-state index is 12.1. The molecule has 0 aromatic heterocycles. The number of benzene rings is 1. The van der Waals surface area contributed by atoms with Crippen molar-refractivity contribution in [3.63, 3.8) is 0 Å². The highest BCUT2D eigenvalue weighted by atomic mass is 16.5. The van der Waals surface area contributed by atoms with Crippen LogP contribution in [0.1, 0.15) is 30.6 Å². The van der Waals surface area contributed by atoms with Gasteiger partial charge in [-0.3, -0.25) is 4.79 Å². The highest BCUT2D eigenvalue weighted by Gasteiger charge is 2.12. The molecule has 1 amide bonds. The predicted octanol–water partition coefficient (Wildman–Crippen LogP) is 1.89. The predicted molar refractivity (Wildman–Crippen MR) is 72.8 cm³/mol. The highest BCUT2D eigenvalue weighted by molar-refractivity contribution is 5.94. The molecule has 0 saturated heterocycles. The summed E-state index contributed by atoms with van der Waals surface area (Å²) in [6.45, 7) is 5.18. The van der Waals surface area contributed by atoms with Crippen molar-refractivity contribution >= 4 is 5.91 Å². The lowest BCUT2D eigenvalue weighted by Gasteiger charge is -2.17. The van der Waals surface area contributed by atoms with Crippen LogP contribution in [-0.4, -0.2) is 37.0 Å². The summed E-state index contributed by atoms with van der Waals surface area (Å²) in [5, 5.41) is 0. The Bertz CT molecular complexity index is 391. The lowest BCUT2D eigenvalue weighted by Crippen LogP contribution is -2.29. The number of hydrogen-bond acceptors (Lipinski definition) is 3. The molecule has 4 heteroatoms. The van der Waals surface area contributed by atoms with Crippen LogP contribution >= 0.6 is 0 Å². The fourth-order valence-electron chi connectivity index (χ4n) is 1.62. The molecule has 0 aliphatic heterocycles. The number of rotatable bonds is 6. The number of ether oxygens (including phenoxy) is 1. The van der Waals surface area contributed by atoms with E-state index in [-0.39, 0.29) is 12.0 Å². The van der Waals surface area contributed by atoms with Gasteiger partial charge in [-0.05, 0) is 45.0 Å². The quantitative estimate of drug-likeness (QED) is 0.839. The molecule has 0 atom stereocenters. The highest BCUT2D eigenvalue weighted by Crippen LogP contribution is 2.16. The smallest absolute Gasteiger partial charge is 0.253 e. The van der Waals surface area contributed by atoms with E-state index in [1.807, 2.05) is 26.0 Å². The van der Waals surface area contributed by atoms with E-state index in [9.17, 15) is 4.79 Å². The molecule has 1 rings (SSSR count). The third-order valence-electron chi connectivity index (χ3n) is 2.50. The molecule has 0 bridgehead atoms. The lowest BCUT2D eigenvalue weighted by molar-refractivity contribution is 0.0793. The van der Waals surface area contributed by atoms with Crippen LogP contribution in [0.3, 0.4) is 0 Å². The molecule has 1 aromatic rings. The maximum atomic E-state index is 12.1. The van der Waals surface area contributed by atoms with Gasteiger partial charge < -0.3 is 15.4 Å². The number of nitrogens with two attached hydrogens (primary N) is 1. The molecule has 0 saturated carbocycles. The summed E-state index contributed by atoms with van der Waals surface area (Å²) >= 11 is 0. The molecule has 0 heterocycles. The van der Waals surface area contributed by atoms with E-state index in [1.165, 1.54) is 0 Å². The van der Waals surface area contributed by atoms with E-state index in [2.05, 4.69) is 0 Å². The van der Waals surface area contributed by atoms with Crippen molar-refractivity contribution in [1.82, 2.24) is 4.90 Å². The van der Waals surface area contributed by atoms with Crippen LogP contribution in [0.25, 0.3) is 0 Å². The van der Waals surface area contributed by atoms with E-state index in [4.69, 9.17) is 10.5 Å². The Morgan fingerprint density at radius 1 is 1.44 bits per heavy atom. The number of carbonyl (C=O) groups is 1. The first-order chi connectivity index (χ1) is 8.54. The zero-order chi connectivity index (χ0) is 13.5.